The fourth-order valence-electron chi connectivity index (χ4n) is 1.96. The van der Waals surface area contributed by atoms with Gasteiger partial charge in [0.15, 0.2) is 0 Å². The standard InChI is InChI=1S/C10H19N3O3/c11-10(15)8-3-6-13(7-4-8)5-1-2-9(14)12-16/h8,16H,1-7H2,(H2,11,15)(H,12,14). The Morgan fingerprint density at radius 3 is 2.50 bits per heavy atom. The van der Waals surface area contributed by atoms with Gasteiger partial charge in [-0.1, -0.05) is 0 Å². The molecule has 1 rings (SSSR count). The number of hydrogen-bond acceptors (Lipinski definition) is 4. The minimum atomic E-state index is -0.355. The van der Waals surface area contributed by atoms with E-state index < -0.39 is 0 Å². The van der Waals surface area contributed by atoms with E-state index in [1.807, 2.05) is 0 Å². The highest BCUT2D eigenvalue weighted by Gasteiger charge is 2.22. The minimum Gasteiger partial charge on any atom is -0.369 e. The number of nitrogens with zero attached hydrogens (tertiary/aromatic N) is 1. The Morgan fingerprint density at radius 1 is 1.38 bits per heavy atom. The van der Waals surface area contributed by atoms with Gasteiger partial charge in [0.1, 0.15) is 0 Å². The molecule has 6 nitrogen and oxygen atoms in total. The molecule has 0 unspecified atom stereocenters. The van der Waals surface area contributed by atoms with Gasteiger partial charge in [-0.05, 0) is 38.9 Å². The Morgan fingerprint density at radius 2 is 2.00 bits per heavy atom. The summed E-state index contributed by atoms with van der Waals surface area (Å²) in [7, 11) is 0. The molecule has 1 fully saturated rings. The molecule has 4 N–H and O–H groups in total. The predicted molar refractivity (Wildman–Crippen MR) is 57.5 cm³/mol. The fourth-order valence-corrected chi connectivity index (χ4v) is 1.96. The van der Waals surface area contributed by atoms with Crippen LogP contribution in [0.5, 0.6) is 0 Å². The third-order valence-corrected chi connectivity index (χ3v) is 2.99. The van der Waals surface area contributed by atoms with Gasteiger partial charge in [0.05, 0.1) is 0 Å². The first-order valence-electron chi connectivity index (χ1n) is 5.58. The molecule has 6 heteroatoms. The van der Waals surface area contributed by atoms with Gasteiger partial charge in [-0.25, -0.2) is 5.48 Å². The average Bonchev–Trinajstić information content (AvgIpc) is 2.29. The Labute approximate surface area is 94.7 Å². The van der Waals surface area contributed by atoms with Crippen molar-refractivity contribution in [3.63, 3.8) is 0 Å². The van der Waals surface area contributed by atoms with Crippen molar-refractivity contribution < 1.29 is 14.8 Å². The number of likely N-dealkylation sites (tertiary alicyclic amines) is 1. The van der Waals surface area contributed by atoms with Gasteiger partial charge >= 0.3 is 0 Å². The number of hydroxylamine groups is 1. The van der Waals surface area contributed by atoms with Crippen molar-refractivity contribution in [3.05, 3.63) is 0 Å². The molecule has 0 aromatic rings. The molecule has 1 aliphatic rings. The van der Waals surface area contributed by atoms with E-state index in [9.17, 15) is 9.59 Å². The van der Waals surface area contributed by atoms with E-state index >= 15 is 0 Å². The van der Waals surface area contributed by atoms with Crippen LogP contribution in [0.25, 0.3) is 0 Å². The molecular weight excluding hydrogens is 210 g/mol. The molecule has 0 aliphatic carbocycles. The second kappa shape index (κ2) is 6.44. The predicted octanol–water partition coefficient (Wildman–Crippen LogP) is -0.531. The second-order valence-electron chi connectivity index (χ2n) is 4.16. The zero-order valence-electron chi connectivity index (χ0n) is 9.32. The maximum Gasteiger partial charge on any atom is 0.243 e. The first kappa shape index (κ1) is 12.9. The lowest BCUT2D eigenvalue weighted by molar-refractivity contribution is -0.129. The Bertz CT molecular complexity index is 250. The summed E-state index contributed by atoms with van der Waals surface area (Å²) in [6, 6.07) is 0. The number of primary amides is 1. The zero-order chi connectivity index (χ0) is 12.0. The van der Waals surface area contributed by atoms with Crippen molar-refractivity contribution in [3.8, 4) is 0 Å². The van der Waals surface area contributed by atoms with Crippen LogP contribution < -0.4 is 11.2 Å². The fraction of sp³-hybridized carbons (Fsp3) is 0.800. The summed E-state index contributed by atoms with van der Waals surface area (Å²) in [6.07, 6.45) is 2.66. The molecule has 1 aliphatic heterocycles. The highest BCUT2D eigenvalue weighted by atomic mass is 16.5. The van der Waals surface area contributed by atoms with Crippen LogP contribution in [0.3, 0.4) is 0 Å². The van der Waals surface area contributed by atoms with Gasteiger partial charge in [0.2, 0.25) is 11.8 Å². The van der Waals surface area contributed by atoms with E-state index in [1.54, 1.807) is 5.48 Å². The number of carbonyl (C=O) groups excluding carboxylic acids is 2. The summed E-state index contributed by atoms with van der Waals surface area (Å²) in [5, 5.41) is 8.30. The average molecular weight is 229 g/mol. The van der Waals surface area contributed by atoms with Gasteiger partial charge in [-0.15, -0.1) is 0 Å². The highest BCUT2D eigenvalue weighted by molar-refractivity contribution is 5.76. The largest absolute Gasteiger partial charge is 0.369 e. The molecule has 0 saturated carbocycles. The van der Waals surface area contributed by atoms with Gasteiger partial charge in [0, 0.05) is 12.3 Å². The molecule has 1 saturated heterocycles. The van der Waals surface area contributed by atoms with Crippen LogP contribution >= 0.6 is 0 Å². The van der Waals surface area contributed by atoms with Crippen LogP contribution in [0.1, 0.15) is 25.7 Å². The third kappa shape index (κ3) is 4.16. The molecule has 0 aromatic heterocycles. The summed E-state index contributed by atoms with van der Waals surface area (Å²) in [4.78, 5) is 23.9. The first-order chi connectivity index (χ1) is 7.63. The maximum atomic E-state index is 10.9. The number of nitrogens with two attached hydrogens (primary N) is 1. The maximum absolute atomic E-state index is 10.9. The van der Waals surface area contributed by atoms with Crippen LogP contribution in [0.4, 0.5) is 0 Å². The Balaban J connectivity index is 2.13. The Hall–Kier alpha value is -1.14. The normalized spacial score (nSPS) is 18.3. The number of rotatable bonds is 5. The molecule has 0 bridgehead atoms. The lowest BCUT2D eigenvalue weighted by Gasteiger charge is -2.30. The molecule has 0 aromatic carbocycles. The van der Waals surface area contributed by atoms with Crippen LogP contribution in [0, 0.1) is 5.92 Å². The second-order valence-corrected chi connectivity index (χ2v) is 4.16. The van der Waals surface area contributed by atoms with Crippen molar-refractivity contribution >= 4 is 11.8 Å². The van der Waals surface area contributed by atoms with Gasteiger partial charge < -0.3 is 10.6 Å². The van der Waals surface area contributed by atoms with E-state index in [4.69, 9.17) is 10.9 Å². The molecular formula is C10H19N3O3. The zero-order valence-corrected chi connectivity index (χ0v) is 9.32. The molecule has 0 spiro atoms. The topological polar surface area (TPSA) is 95.7 Å². The monoisotopic (exact) mass is 229 g/mol. The summed E-state index contributed by atoms with van der Waals surface area (Å²) < 4.78 is 0. The van der Waals surface area contributed by atoms with Crippen molar-refractivity contribution in [2.75, 3.05) is 19.6 Å². The number of carbonyl (C=O) groups is 2. The van der Waals surface area contributed by atoms with Gasteiger partial charge in [-0.3, -0.25) is 14.8 Å². The van der Waals surface area contributed by atoms with Crippen molar-refractivity contribution in [1.82, 2.24) is 10.4 Å². The van der Waals surface area contributed by atoms with Crippen LogP contribution in [-0.4, -0.2) is 41.6 Å². The van der Waals surface area contributed by atoms with E-state index in [0.717, 1.165) is 32.5 Å². The summed E-state index contributed by atoms with van der Waals surface area (Å²) in [5.74, 6) is -0.552. The number of amides is 2. The van der Waals surface area contributed by atoms with E-state index in [-0.39, 0.29) is 17.7 Å². The molecule has 2 amide bonds. The van der Waals surface area contributed by atoms with Crippen molar-refractivity contribution in [2.45, 2.75) is 25.7 Å². The summed E-state index contributed by atoms with van der Waals surface area (Å²) >= 11 is 0. The summed E-state index contributed by atoms with van der Waals surface area (Å²) in [6.45, 7) is 2.53. The third-order valence-electron chi connectivity index (χ3n) is 2.99. The number of piperidine rings is 1. The lowest BCUT2D eigenvalue weighted by atomic mass is 9.96. The van der Waals surface area contributed by atoms with Crippen molar-refractivity contribution in [2.24, 2.45) is 11.7 Å². The number of nitrogens with one attached hydrogen (secondary N) is 1. The van der Waals surface area contributed by atoms with Crippen LogP contribution in [0.2, 0.25) is 0 Å². The smallest absolute Gasteiger partial charge is 0.243 e. The SMILES string of the molecule is NC(=O)C1CCN(CCCC(=O)NO)CC1. The van der Waals surface area contributed by atoms with Gasteiger partial charge in [0.25, 0.3) is 0 Å². The van der Waals surface area contributed by atoms with E-state index in [0.29, 0.717) is 12.8 Å². The Kier molecular flexibility index (Phi) is 5.21. The molecule has 1 heterocycles. The molecule has 16 heavy (non-hydrogen) atoms. The van der Waals surface area contributed by atoms with Crippen LogP contribution in [-0.2, 0) is 9.59 Å². The lowest BCUT2D eigenvalue weighted by Crippen LogP contribution is -2.39. The van der Waals surface area contributed by atoms with Crippen LogP contribution in [0.15, 0.2) is 0 Å². The van der Waals surface area contributed by atoms with Crippen molar-refractivity contribution in [1.29, 1.82) is 0 Å². The first-order valence-corrected chi connectivity index (χ1v) is 5.58. The van der Waals surface area contributed by atoms with E-state index in [1.165, 1.54) is 0 Å². The van der Waals surface area contributed by atoms with Gasteiger partial charge in [-0.2, -0.15) is 0 Å². The molecule has 92 valence electrons. The van der Waals surface area contributed by atoms with E-state index in [2.05, 4.69) is 4.90 Å². The minimum absolute atomic E-state index is 0.0111. The number of hydrogen-bond donors (Lipinski definition) is 3. The summed E-state index contributed by atoms with van der Waals surface area (Å²) in [5.41, 5.74) is 6.84. The highest BCUT2D eigenvalue weighted by Crippen LogP contribution is 2.16. The molecule has 0 atom stereocenters. The quantitative estimate of drug-likeness (QED) is 0.436. The molecule has 0 radical (unpaired) electrons.